The molecule has 1 saturated carbocycles. The Morgan fingerprint density at radius 3 is 2.58 bits per heavy atom. The average Bonchev–Trinajstić information content (AvgIpc) is 3.00. The molecular weight excluding hydrogens is 238 g/mol. The normalized spacial score (nSPS) is 23.4. The smallest absolute Gasteiger partial charge is 0.188 e. The van der Waals surface area contributed by atoms with E-state index in [1.54, 1.807) is 0 Å². The van der Waals surface area contributed by atoms with Gasteiger partial charge in [-0.25, -0.2) is 0 Å². The van der Waals surface area contributed by atoms with Crippen molar-refractivity contribution in [3.05, 3.63) is 41.7 Å². The Labute approximate surface area is 112 Å². The lowest BCUT2D eigenvalue weighted by Gasteiger charge is -2.29. The monoisotopic (exact) mass is 257 g/mol. The van der Waals surface area contributed by atoms with E-state index < -0.39 is 0 Å². The lowest BCUT2D eigenvalue weighted by molar-refractivity contribution is 0.339. The number of nitrogens with zero attached hydrogens (tertiary/aromatic N) is 3. The van der Waals surface area contributed by atoms with Crippen molar-refractivity contribution in [2.24, 2.45) is 0 Å². The van der Waals surface area contributed by atoms with Gasteiger partial charge in [-0.1, -0.05) is 35.5 Å². The van der Waals surface area contributed by atoms with Gasteiger partial charge < -0.3 is 5.32 Å². The highest BCUT2D eigenvalue weighted by atomic mass is 15.5. The number of benzene rings is 1. The summed E-state index contributed by atoms with van der Waals surface area (Å²) in [4.78, 5) is 0. The van der Waals surface area contributed by atoms with Gasteiger partial charge >= 0.3 is 0 Å². The second kappa shape index (κ2) is 5.93. The molecule has 1 aliphatic rings. The fourth-order valence-corrected chi connectivity index (χ4v) is 2.85. The van der Waals surface area contributed by atoms with Crippen LogP contribution in [0.15, 0.2) is 30.3 Å². The lowest BCUT2D eigenvalue weighted by atomic mass is 9.82. The number of rotatable bonds is 4. The minimum absolute atomic E-state index is 0.582. The van der Waals surface area contributed by atoms with E-state index in [1.807, 2.05) is 0 Å². The third-order valence-corrected chi connectivity index (χ3v) is 3.94. The van der Waals surface area contributed by atoms with Gasteiger partial charge in [0, 0.05) is 6.04 Å². The maximum Gasteiger partial charge on any atom is 0.188 e. The molecular formula is C14H19N5. The van der Waals surface area contributed by atoms with Gasteiger partial charge in [-0.15, -0.1) is 10.2 Å². The van der Waals surface area contributed by atoms with E-state index in [2.05, 4.69) is 56.3 Å². The zero-order valence-electron chi connectivity index (χ0n) is 10.9. The second-order valence-electron chi connectivity index (χ2n) is 5.17. The van der Waals surface area contributed by atoms with Crippen molar-refractivity contribution in [3.63, 3.8) is 0 Å². The van der Waals surface area contributed by atoms with E-state index in [9.17, 15) is 0 Å². The van der Waals surface area contributed by atoms with Crippen LogP contribution in [-0.2, 0) is 6.54 Å². The number of tetrazole rings is 1. The largest absolute Gasteiger partial charge is 0.307 e. The molecule has 5 heteroatoms. The van der Waals surface area contributed by atoms with E-state index in [0.717, 1.165) is 11.7 Å². The van der Waals surface area contributed by atoms with Gasteiger partial charge in [-0.3, -0.25) is 0 Å². The van der Waals surface area contributed by atoms with Crippen LogP contribution in [0.5, 0.6) is 0 Å². The van der Waals surface area contributed by atoms with Gasteiger partial charge in [0.2, 0.25) is 0 Å². The Balaban J connectivity index is 1.47. The second-order valence-corrected chi connectivity index (χ2v) is 5.17. The molecule has 0 amide bonds. The van der Waals surface area contributed by atoms with Crippen LogP contribution < -0.4 is 5.32 Å². The maximum absolute atomic E-state index is 3.95. The van der Waals surface area contributed by atoms with Crippen LogP contribution in [0, 0.1) is 0 Å². The first kappa shape index (κ1) is 12.3. The molecule has 0 bridgehead atoms. The van der Waals surface area contributed by atoms with Gasteiger partial charge in [0.1, 0.15) is 0 Å². The van der Waals surface area contributed by atoms with Crippen LogP contribution >= 0.6 is 0 Å². The average molecular weight is 257 g/mol. The van der Waals surface area contributed by atoms with Crippen LogP contribution in [0.4, 0.5) is 0 Å². The third kappa shape index (κ3) is 3.17. The van der Waals surface area contributed by atoms with Crippen molar-refractivity contribution >= 4 is 0 Å². The first-order valence-corrected chi connectivity index (χ1v) is 6.92. The standard InChI is InChI=1S/C14H19N5/c1-2-4-11(5-3-1)12-6-8-13(9-7-12)15-10-14-16-18-19-17-14/h1-5,12-13,15H,6-10H2,(H,16,17,18,19). The zero-order chi connectivity index (χ0) is 12.9. The fourth-order valence-electron chi connectivity index (χ4n) is 2.85. The van der Waals surface area contributed by atoms with Gasteiger partial charge in [-0.2, -0.15) is 5.21 Å². The quantitative estimate of drug-likeness (QED) is 0.879. The molecule has 1 fully saturated rings. The summed E-state index contributed by atoms with van der Waals surface area (Å²) in [6.45, 7) is 0.706. The van der Waals surface area contributed by atoms with Crippen LogP contribution in [0.25, 0.3) is 0 Å². The highest BCUT2D eigenvalue weighted by Crippen LogP contribution is 2.32. The molecule has 5 nitrogen and oxygen atoms in total. The summed E-state index contributed by atoms with van der Waals surface area (Å²) in [5, 5.41) is 17.5. The van der Waals surface area contributed by atoms with Crippen molar-refractivity contribution in [2.75, 3.05) is 0 Å². The van der Waals surface area contributed by atoms with Crippen molar-refractivity contribution in [1.82, 2.24) is 25.9 Å². The van der Waals surface area contributed by atoms with Crippen LogP contribution in [0.1, 0.15) is 43.0 Å². The lowest BCUT2D eigenvalue weighted by Crippen LogP contribution is -2.32. The zero-order valence-corrected chi connectivity index (χ0v) is 10.9. The fraction of sp³-hybridized carbons (Fsp3) is 0.500. The Morgan fingerprint density at radius 1 is 1.11 bits per heavy atom. The molecule has 3 rings (SSSR count). The molecule has 0 saturated heterocycles. The molecule has 0 atom stereocenters. The summed E-state index contributed by atoms with van der Waals surface area (Å²) < 4.78 is 0. The molecule has 1 aliphatic carbocycles. The van der Waals surface area contributed by atoms with Crippen LogP contribution in [0.3, 0.4) is 0 Å². The summed E-state index contributed by atoms with van der Waals surface area (Å²) in [6, 6.07) is 11.4. The van der Waals surface area contributed by atoms with Gasteiger partial charge in [0.05, 0.1) is 6.54 Å². The highest BCUT2D eigenvalue weighted by molar-refractivity contribution is 5.20. The summed E-state index contributed by atoms with van der Waals surface area (Å²) in [5.74, 6) is 1.47. The molecule has 1 aromatic heterocycles. The van der Waals surface area contributed by atoms with E-state index >= 15 is 0 Å². The van der Waals surface area contributed by atoms with E-state index in [-0.39, 0.29) is 0 Å². The topological polar surface area (TPSA) is 66.5 Å². The van der Waals surface area contributed by atoms with Crippen molar-refractivity contribution < 1.29 is 0 Å². The first-order chi connectivity index (χ1) is 9.42. The van der Waals surface area contributed by atoms with E-state index in [0.29, 0.717) is 12.6 Å². The number of nitrogens with one attached hydrogen (secondary N) is 2. The van der Waals surface area contributed by atoms with Crippen LogP contribution in [0.2, 0.25) is 0 Å². The minimum Gasteiger partial charge on any atom is -0.307 e. The highest BCUT2D eigenvalue weighted by Gasteiger charge is 2.21. The predicted octanol–water partition coefficient (Wildman–Crippen LogP) is 2.02. The summed E-state index contributed by atoms with van der Waals surface area (Å²) in [6.07, 6.45) is 4.96. The Bertz CT molecular complexity index is 474. The molecule has 100 valence electrons. The predicted molar refractivity (Wildman–Crippen MR) is 72.5 cm³/mol. The number of aromatic amines is 1. The van der Waals surface area contributed by atoms with Crippen LogP contribution in [-0.4, -0.2) is 26.7 Å². The summed E-state index contributed by atoms with van der Waals surface area (Å²) in [5.41, 5.74) is 1.49. The van der Waals surface area contributed by atoms with Gasteiger partial charge in [0.15, 0.2) is 5.82 Å². The van der Waals surface area contributed by atoms with E-state index in [1.165, 1.54) is 31.2 Å². The summed E-state index contributed by atoms with van der Waals surface area (Å²) >= 11 is 0. The molecule has 2 N–H and O–H groups in total. The SMILES string of the molecule is c1ccc(C2CCC(NCc3nn[nH]n3)CC2)cc1. The van der Waals surface area contributed by atoms with Crippen molar-refractivity contribution in [3.8, 4) is 0 Å². The van der Waals surface area contributed by atoms with Crippen molar-refractivity contribution in [2.45, 2.75) is 44.2 Å². The Morgan fingerprint density at radius 2 is 1.89 bits per heavy atom. The maximum atomic E-state index is 3.95. The third-order valence-electron chi connectivity index (χ3n) is 3.94. The minimum atomic E-state index is 0.582. The molecule has 19 heavy (non-hydrogen) atoms. The molecule has 1 heterocycles. The van der Waals surface area contributed by atoms with E-state index in [4.69, 9.17) is 0 Å². The molecule has 0 aliphatic heterocycles. The Kier molecular flexibility index (Phi) is 3.83. The molecule has 0 spiro atoms. The molecule has 0 radical (unpaired) electrons. The van der Waals surface area contributed by atoms with Gasteiger partial charge in [0.25, 0.3) is 0 Å². The number of H-pyrrole nitrogens is 1. The number of hydrogen-bond donors (Lipinski definition) is 2. The first-order valence-electron chi connectivity index (χ1n) is 6.92. The molecule has 2 aromatic rings. The molecule has 0 unspecified atom stereocenters. The summed E-state index contributed by atoms with van der Waals surface area (Å²) in [7, 11) is 0. The molecule has 1 aromatic carbocycles. The Hall–Kier alpha value is -1.75. The van der Waals surface area contributed by atoms with Gasteiger partial charge in [-0.05, 0) is 37.2 Å². The van der Waals surface area contributed by atoms with Crippen molar-refractivity contribution in [1.29, 1.82) is 0 Å². The number of hydrogen-bond acceptors (Lipinski definition) is 4. The number of aromatic nitrogens is 4.